The van der Waals surface area contributed by atoms with Crippen LogP contribution in [-0.4, -0.2) is 34.9 Å². The highest BCUT2D eigenvalue weighted by Crippen LogP contribution is 2.18. The number of benzene rings is 1. The van der Waals surface area contributed by atoms with E-state index in [1.165, 1.54) is 24.2 Å². The lowest BCUT2D eigenvalue weighted by molar-refractivity contribution is -0.130. The summed E-state index contributed by atoms with van der Waals surface area (Å²) >= 11 is 1.33. The summed E-state index contributed by atoms with van der Waals surface area (Å²) < 4.78 is 0. The Morgan fingerprint density at radius 2 is 1.76 bits per heavy atom. The van der Waals surface area contributed by atoms with Crippen LogP contribution in [0.1, 0.15) is 31.4 Å². The number of likely N-dealkylation sites (tertiary alicyclic amines) is 1. The van der Waals surface area contributed by atoms with Crippen LogP contribution in [0.2, 0.25) is 0 Å². The molecule has 3 amide bonds. The number of nitrogens with zero attached hydrogens (tertiary/aromatic N) is 2. The number of amides is 3. The first-order valence-electron chi connectivity index (χ1n) is 8.56. The third kappa shape index (κ3) is 5.29. The van der Waals surface area contributed by atoms with Crippen LogP contribution in [0.5, 0.6) is 0 Å². The standard InChI is InChI=1S/C18H22N4O2S/c23-16(22-10-6-1-2-7-11-22)12-15-13-25-18(20-15)21-17(24)19-14-8-4-3-5-9-14/h3-5,8-9,13H,1-2,6-7,10-12H2,(H2,19,20,21,24). The van der Waals surface area contributed by atoms with Gasteiger partial charge in [-0.25, -0.2) is 9.78 Å². The van der Waals surface area contributed by atoms with Gasteiger partial charge in [-0.3, -0.25) is 10.1 Å². The minimum absolute atomic E-state index is 0.118. The normalized spacial score (nSPS) is 14.6. The van der Waals surface area contributed by atoms with Crippen molar-refractivity contribution in [3.8, 4) is 0 Å². The largest absolute Gasteiger partial charge is 0.342 e. The van der Waals surface area contributed by atoms with E-state index in [-0.39, 0.29) is 11.9 Å². The first-order chi connectivity index (χ1) is 12.2. The van der Waals surface area contributed by atoms with Crippen LogP contribution >= 0.6 is 11.3 Å². The highest BCUT2D eigenvalue weighted by atomic mass is 32.1. The highest BCUT2D eigenvalue weighted by molar-refractivity contribution is 7.14. The van der Waals surface area contributed by atoms with Crippen molar-refractivity contribution in [1.82, 2.24) is 9.88 Å². The van der Waals surface area contributed by atoms with Gasteiger partial charge in [0.15, 0.2) is 5.13 Å². The van der Waals surface area contributed by atoms with Crippen LogP contribution in [0.25, 0.3) is 0 Å². The molecule has 0 unspecified atom stereocenters. The van der Waals surface area contributed by atoms with Crippen LogP contribution < -0.4 is 10.6 Å². The highest BCUT2D eigenvalue weighted by Gasteiger charge is 2.17. The minimum Gasteiger partial charge on any atom is -0.342 e. The fourth-order valence-corrected chi connectivity index (χ4v) is 3.52. The Hall–Kier alpha value is -2.41. The lowest BCUT2D eigenvalue weighted by Crippen LogP contribution is -2.33. The van der Waals surface area contributed by atoms with Crippen LogP contribution in [0, 0.1) is 0 Å². The molecule has 0 saturated carbocycles. The zero-order valence-electron chi connectivity index (χ0n) is 14.0. The van der Waals surface area contributed by atoms with E-state index < -0.39 is 0 Å². The number of hydrogen-bond donors (Lipinski definition) is 2. The van der Waals surface area contributed by atoms with Crippen LogP contribution in [-0.2, 0) is 11.2 Å². The maximum Gasteiger partial charge on any atom is 0.325 e. The first-order valence-corrected chi connectivity index (χ1v) is 9.44. The fourth-order valence-electron chi connectivity index (χ4n) is 2.81. The lowest BCUT2D eigenvalue weighted by Gasteiger charge is -2.19. The van der Waals surface area contributed by atoms with Crippen molar-refractivity contribution >= 4 is 34.1 Å². The van der Waals surface area contributed by atoms with Gasteiger partial charge in [0.25, 0.3) is 0 Å². The van der Waals surface area contributed by atoms with E-state index in [0.717, 1.165) is 25.9 Å². The number of thiazole rings is 1. The Kier molecular flexibility index (Phi) is 6.00. The fraction of sp³-hybridized carbons (Fsp3) is 0.389. The van der Waals surface area contributed by atoms with Gasteiger partial charge in [-0.2, -0.15) is 0 Å². The Balaban J connectivity index is 1.51. The molecule has 1 aliphatic rings. The molecule has 0 spiro atoms. The van der Waals surface area contributed by atoms with E-state index in [9.17, 15) is 9.59 Å². The quantitative estimate of drug-likeness (QED) is 0.874. The summed E-state index contributed by atoms with van der Waals surface area (Å²) in [5.74, 6) is 0.118. The molecule has 25 heavy (non-hydrogen) atoms. The molecule has 0 atom stereocenters. The third-order valence-corrected chi connectivity index (χ3v) is 4.90. The number of nitrogens with one attached hydrogen (secondary N) is 2. The summed E-state index contributed by atoms with van der Waals surface area (Å²) in [5, 5.41) is 7.77. The summed E-state index contributed by atoms with van der Waals surface area (Å²) in [4.78, 5) is 30.6. The van der Waals surface area contributed by atoms with Gasteiger partial charge in [0.2, 0.25) is 5.91 Å². The summed E-state index contributed by atoms with van der Waals surface area (Å²) in [5.41, 5.74) is 1.42. The van der Waals surface area contributed by atoms with Crippen LogP contribution in [0.15, 0.2) is 35.7 Å². The molecule has 0 aliphatic carbocycles. The molecular weight excluding hydrogens is 336 g/mol. The maximum absolute atomic E-state index is 12.4. The summed E-state index contributed by atoms with van der Waals surface area (Å²) in [6.07, 6.45) is 4.85. The molecule has 0 bridgehead atoms. The predicted molar refractivity (Wildman–Crippen MR) is 99.9 cm³/mol. The zero-order chi connectivity index (χ0) is 17.5. The van der Waals surface area contributed by atoms with Gasteiger partial charge in [-0.1, -0.05) is 31.0 Å². The second-order valence-electron chi connectivity index (χ2n) is 6.06. The Morgan fingerprint density at radius 1 is 1.04 bits per heavy atom. The zero-order valence-corrected chi connectivity index (χ0v) is 14.8. The molecule has 0 radical (unpaired) electrons. The summed E-state index contributed by atoms with van der Waals surface area (Å²) in [6, 6.07) is 8.87. The van der Waals surface area contributed by atoms with E-state index in [2.05, 4.69) is 15.6 Å². The molecule has 2 heterocycles. The maximum atomic E-state index is 12.4. The van der Waals surface area contributed by atoms with Crippen molar-refractivity contribution in [2.75, 3.05) is 23.7 Å². The number of hydrogen-bond acceptors (Lipinski definition) is 4. The van der Waals surface area contributed by atoms with Gasteiger partial charge in [-0.05, 0) is 25.0 Å². The minimum atomic E-state index is -0.342. The Labute approximate surface area is 151 Å². The number of carbonyl (C=O) groups excluding carboxylic acids is 2. The number of carbonyl (C=O) groups is 2. The van der Waals surface area contributed by atoms with Gasteiger partial charge < -0.3 is 10.2 Å². The van der Waals surface area contributed by atoms with Gasteiger partial charge in [0.1, 0.15) is 0 Å². The third-order valence-electron chi connectivity index (χ3n) is 4.09. The second kappa shape index (κ2) is 8.62. The molecule has 3 rings (SSSR count). The van der Waals surface area contributed by atoms with Gasteiger partial charge in [-0.15, -0.1) is 11.3 Å². The van der Waals surface area contributed by atoms with Crippen molar-refractivity contribution in [3.63, 3.8) is 0 Å². The van der Waals surface area contributed by atoms with Crippen molar-refractivity contribution in [2.45, 2.75) is 32.1 Å². The molecule has 2 N–H and O–H groups in total. The van der Waals surface area contributed by atoms with Crippen molar-refractivity contribution in [3.05, 3.63) is 41.4 Å². The lowest BCUT2D eigenvalue weighted by atomic mass is 10.2. The number of aromatic nitrogens is 1. The molecule has 1 aliphatic heterocycles. The molecule has 1 fully saturated rings. The summed E-state index contributed by atoms with van der Waals surface area (Å²) in [6.45, 7) is 1.68. The molecule has 1 aromatic heterocycles. The topological polar surface area (TPSA) is 74.3 Å². The number of rotatable bonds is 4. The monoisotopic (exact) mass is 358 g/mol. The van der Waals surface area contributed by atoms with Crippen molar-refractivity contribution < 1.29 is 9.59 Å². The number of urea groups is 1. The molecular formula is C18H22N4O2S. The van der Waals surface area contributed by atoms with E-state index in [1.807, 2.05) is 40.6 Å². The van der Waals surface area contributed by atoms with Gasteiger partial charge in [0, 0.05) is 24.2 Å². The van der Waals surface area contributed by atoms with E-state index in [1.54, 1.807) is 0 Å². The van der Waals surface area contributed by atoms with Gasteiger partial charge >= 0.3 is 6.03 Å². The number of para-hydroxylation sites is 1. The van der Waals surface area contributed by atoms with Crippen LogP contribution in [0.3, 0.4) is 0 Å². The second-order valence-corrected chi connectivity index (χ2v) is 6.92. The van der Waals surface area contributed by atoms with E-state index in [0.29, 0.717) is 22.9 Å². The van der Waals surface area contributed by atoms with E-state index in [4.69, 9.17) is 0 Å². The SMILES string of the molecule is O=C(Nc1ccccc1)Nc1nc(CC(=O)N2CCCCCC2)cs1. The predicted octanol–water partition coefficient (Wildman–Crippen LogP) is 3.73. The average Bonchev–Trinajstić information content (AvgIpc) is 2.86. The molecule has 2 aromatic rings. The Bertz CT molecular complexity index is 709. The number of anilines is 2. The summed E-state index contributed by atoms with van der Waals surface area (Å²) in [7, 11) is 0. The molecule has 1 saturated heterocycles. The molecule has 1 aromatic carbocycles. The first kappa shape index (κ1) is 17.4. The van der Waals surface area contributed by atoms with Crippen molar-refractivity contribution in [1.29, 1.82) is 0 Å². The van der Waals surface area contributed by atoms with Gasteiger partial charge in [0.05, 0.1) is 12.1 Å². The molecule has 7 heteroatoms. The Morgan fingerprint density at radius 3 is 2.48 bits per heavy atom. The van der Waals surface area contributed by atoms with Crippen molar-refractivity contribution in [2.24, 2.45) is 0 Å². The van der Waals surface area contributed by atoms with Crippen LogP contribution in [0.4, 0.5) is 15.6 Å². The average molecular weight is 358 g/mol. The molecule has 6 nitrogen and oxygen atoms in total. The smallest absolute Gasteiger partial charge is 0.325 e. The molecule has 132 valence electrons. The van der Waals surface area contributed by atoms with E-state index >= 15 is 0 Å².